The van der Waals surface area contributed by atoms with Crippen LogP contribution < -0.4 is 10.5 Å². The largest absolute Gasteiger partial charge is 0.488 e. The molecule has 0 heterocycles. The van der Waals surface area contributed by atoms with Crippen LogP contribution in [0, 0.1) is 5.82 Å². The van der Waals surface area contributed by atoms with Gasteiger partial charge >= 0.3 is 0 Å². The van der Waals surface area contributed by atoms with Gasteiger partial charge in [0.15, 0.2) is 0 Å². The smallest absolute Gasteiger partial charge is 0.134 e. The summed E-state index contributed by atoms with van der Waals surface area (Å²) in [5.41, 5.74) is 7.88. The third-order valence-corrected chi connectivity index (χ3v) is 3.48. The van der Waals surface area contributed by atoms with E-state index in [9.17, 15) is 4.39 Å². The van der Waals surface area contributed by atoms with Crippen LogP contribution >= 0.6 is 15.9 Å². The molecule has 2 aromatic rings. The second-order valence-electron chi connectivity index (χ2n) is 4.86. The van der Waals surface area contributed by atoms with Gasteiger partial charge in [-0.3, -0.25) is 0 Å². The molecule has 0 aliphatic carbocycles. The molecule has 2 rings (SSSR count). The minimum absolute atomic E-state index is 0.132. The summed E-state index contributed by atoms with van der Waals surface area (Å²) in [5.74, 6) is 0.526. The van der Waals surface area contributed by atoms with Gasteiger partial charge in [-0.1, -0.05) is 18.2 Å². The van der Waals surface area contributed by atoms with E-state index in [2.05, 4.69) is 15.9 Å². The summed E-state index contributed by atoms with van der Waals surface area (Å²) in [7, 11) is 0. The Morgan fingerprint density at radius 2 is 1.80 bits per heavy atom. The van der Waals surface area contributed by atoms with Crippen LogP contribution in [0.25, 0.3) is 0 Å². The van der Waals surface area contributed by atoms with E-state index in [1.54, 1.807) is 12.1 Å². The van der Waals surface area contributed by atoms with Crippen LogP contribution in [0.4, 0.5) is 4.39 Å². The maximum Gasteiger partial charge on any atom is 0.134 e. The Kier molecular flexibility index (Phi) is 5.15. The molecular weight excluding hydrogens is 321 g/mol. The van der Waals surface area contributed by atoms with Gasteiger partial charge in [0.25, 0.3) is 0 Å². The highest BCUT2D eigenvalue weighted by molar-refractivity contribution is 9.10. The molecule has 0 fully saturated rings. The fraction of sp³-hybridized carbons (Fsp3) is 0.250. The Bertz CT molecular complexity index is 569. The molecule has 0 saturated heterocycles. The fourth-order valence-corrected chi connectivity index (χ4v) is 2.44. The molecule has 4 heteroatoms. The summed E-state index contributed by atoms with van der Waals surface area (Å²) in [6.45, 7) is 2.39. The zero-order valence-electron chi connectivity index (χ0n) is 11.3. The monoisotopic (exact) mass is 337 g/mol. The van der Waals surface area contributed by atoms with Crippen molar-refractivity contribution in [1.82, 2.24) is 0 Å². The van der Waals surface area contributed by atoms with Gasteiger partial charge < -0.3 is 10.5 Å². The Morgan fingerprint density at radius 3 is 2.40 bits per heavy atom. The minimum Gasteiger partial charge on any atom is -0.488 e. The molecule has 0 radical (unpaired) electrons. The third kappa shape index (κ3) is 4.32. The molecule has 0 spiro atoms. The first-order valence-electron chi connectivity index (χ1n) is 6.46. The molecule has 2 nitrogen and oxygen atoms in total. The predicted molar refractivity (Wildman–Crippen MR) is 82.2 cm³/mol. The van der Waals surface area contributed by atoms with Crippen molar-refractivity contribution in [2.45, 2.75) is 26.0 Å². The summed E-state index contributed by atoms with van der Waals surface area (Å²) in [6.07, 6.45) is 0.830. The molecule has 0 bridgehead atoms. The highest BCUT2D eigenvalue weighted by atomic mass is 79.9. The molecule has 20 heavy (non-hydrogen) atoms. The fourth-order valence-electron chi connectivity index (χ4n) is 1.90. The minimum atomic E-state index is -0.241. The van der Waals surface area contributed by atoms with Crippen molar-refractivity contribution in [3.8, 4) is 5.75 Å². The maximum absolute atomic E-state index is 12.8. The molecule has 2 aromatic carbocycles. The Balaban J connectivity index is 2.01. The van der Waals surface area contributed by atoms with E-state index in [0.29, 0.717) is 6.61 Å². The van der Waals surface area contributed by atoms with Crippen LogP contribution in [-0.2, 0) is 13.0 Å². The lowest BCUT2D eigenvalue weighted by Gasteiger charge is -2.11. The van der Waals surface area contributed by atoms with Gasteiger partial charge in [0, 0.05) is 6.04 Å². The Hall–Kier alpha value is -1.39. The van der Waals surface area contributed by atoms with Gasteiger partial charge in [0.1, 0.15) is 18.2 Å². The lowest BCUT2D eigenvalue weighted by molar-refractivity contribution is 0.304. The summed E-state index contributed by atoms with van der Waals surface area (Å²) in [6, 6.07) is 12.4. The first-order valence-corrected chi connectivity index (χ1v) is 7.25. The number of hydrogen-bond acceptors (Lipinski definition) is 2. The van der Waals surface area contributed by atoms with E-state index in [0.717, 1.165) is 22.2 Å². The van der Waals surface area contributed by atoms with Crippen LogP contribution in [-0.4, -0.2) is 6.04 Å². The van der Waals surface area contributed by atoms with E-state index < -0.39 is 0 Å². The summed E-state index contributed by atoms with van der Waals surface area (Å²) in [5, 5.41) is 0. The average Bonchev–Trinajstić information content (AvgIpc) is 2.39. The normalized spacial score (nSPS) is 12.2. The summed E-state index contributed by atoms with van der Waals surface area (Å²) in [4.78, 5) is 0. The second-order valence-corrected chi connectivity index (χ2v) is 5.72. The number of nitrogens with two attached hydrogens (primary N) is 1. The standard InChI is InChI=1S/C16H17BrFNO/c1-11(19)8-13-4-7-16(15(17)9-13)20-10-12-2-5-14(18)6-3-12/h2-7,9,11H,8,10,19H2,1H3. The molecule has 106 valence electrons. The first kappa shape index (κ1) is 15.0. The molecule has 2 N–H and O–H groups in total. The molecule has 0 amide bonds. The van der Waals surface area contributed by atoms with Crippen molar-refractivity contribution in [2.24, 2.45) is 5.73 Å². The number of rotatable bonds is 5. The Morgan fingerprint density at radius 1 is 1.15 bits per heavy atom. The molecule has 0 aliphatic heterocycles. The SMILES string of the molecule is CC(N)Cc1ccc(OCc2ccc(F)cc2)c(Br)c1. The van der Waals surface area contributed by atoms with Crippen LogP contribution in [0.1, 0.15) is 18.1 Å². The van der Waals surface area contributed by atoms with Crippen LogP contribution in [0.15, 0.2) is 46.9 Å². The summed E-state index contributed by atoms with van der Waals surface area (Å²) < 4.78 is 19.4. The number of ether oxygens (including phenoxy) is 1. The molecular formula is C16H17BrFNO. The zero-order chi connectivity index (χ0) is 14.5. The van der Waals surface area contributed by atoms with Crippen LogP contribution in [0.3, 0.4) is 0 Å². The summed E-state index contributed by atoms with van der Waals surface area (Å²) >= 11 is 3.50. The van der Waals surface area contributed by atoms with Crippen molar-refractivity contribution in [3.05, 3.63) is 63.9 Å². The highest BCUT2D eigenvalue weighted by Crippen LogP contribution is 2.27. The van der Waals surface area contributed by atoms with Gasteiger partial charge in [-0.2, -0.15) is 0 Å². The topological polar surface area (TPSA) is 35.2 Å². The van der Waals surface area contributed by atoms with Crippen LogP contribution in [0.2, 0.25) is 0 Å². The third-order valence-electron chi connectivity index (χ3n) is 2.86. The number of hydrogen-bond donors (Lipinski definition) is 1. The van der Waals surface area contributed by atoms with E-state index in [1.165, 1.54) is 17.7 Å². The maximum atomic E-state index is 12.8. The lowest BCUT2D eigenvalue weighted by Crippen LogP contribution is -2.17. The van der Waals surface area contributed by atoms with Gasteiger partial charge in [0.2, 0.25) is 0 Å². The molecule has 1 atom stereocenters. The average molecular weight is 338 g/mol. The van der Waals surface area contributed by atoms with Crippen molar-refractivity contribution >= 4 is 15.9 Å². The lowest BCUT2D eigenvalue weighted by atomic mass is 10.1. The molecule has 0 aromatic heterocycles. The van der Waals surface area contributed by atoms with Gasteiger partial charge in [0.05, 0.1) is 4.47 Å². The highest BCUT2D eigenvalue weighted by Gasteiger charge is 2.05. The van der Waals surface area contributed by atoms with Crippen LogP contribution in [0.5, 0.6) is 5.75 Å². The van der Waals surface area contributed by atoms with Crippen molar-refractivity contribution in [2.75, 3.05) is 0 Å². The zero-order valence-corrected chi connectivity index (χ0v) is 12.9. The first-order chi connectivity index (χ1) is 9.54. The van der Waals surface area contributed by atoms with E-state index in [1.807, 2.05) is 25.1 Å². The van der Waals surface area contributed by atoms with Gasteiger partial charge in [-0.05, 0) is 64.7 Å². The number of halogens is 2. The molecule has 0 saturated carbocycles. The second kappa shape index (κ2) is 6.86. The number of benzene rings is 2. The van der Waals surface area contributed by atoms with Crippen molar-refractivity contribution in [3.63, 3.8) is 0 Å². The molecule has 0 aliphatic rings. The molecule has 1 unspecified atom stereocenters. The van der Waals surface area contributed by atoms with E-state index >= 15 is 0 Å². The van der Waals surface area contributed by atoms with E-state index in [4.69, 9.17) is 10.5 Å². The van der Waals surface area contributed by atoms with Gasteiger partial charge in [-0.15, -0.1) is 0 Å². The van der Waals surface area contributed by atoms with Gasteiger partial charge in [-0.25, -0.2) is 4.39 Å². The van der Waals surface area contributed by atoms with Crippen molar-refractivity contribution < 1.29 is 9.13 Å². The Labute approximate surface area is 126 Å². The van der Waals surface area contributed by atoms with E-state index in [-0.39, 0.29) is 11.9 Å². The van der Waals surface area contributed by atoms with Crippen molar-refractivity contribution in [1.29, 1.82) is 0 Å². The predicted octanol–water partition coefficient (Wildman–Crippen LogP) is 4.06. The quantitative estimate of drug-likeness (QED) is 0.892.